The molecule has 10 nitrogen and oxygen atoms in total. The summed E-state index contributed by atoms with van der Waals surface area (Å²) in [5.74, 6) is -1.76. The van der Waals surface area contributed by atoms with Gasteiger partial charge in [-0.2, -0.15) is 0 Å². The number of benzene rings is 1. The van der Waals surface area contributed by atoms with E-state index in [1.54, 1.807) is 31.4 Å². The van der Waals surface area contributed by atoms with E-state index in [0.717, 1.165) is 31.4 Å². The van der Waals surface area contributed by atoms with Crippen LogP contribution in [0.25, 0.3) is 0 Å². The maximum absolute atomic E-state index is 11.9. The Labute approximate surface area is 212 Å². The molecular formula is C26H39NO9. The largest absolute Gasteiger partial charge is 0.497 e. The number of hydrogen-bond acceptors (Lipinski definition) is 9. The summed E-state index contributed by atoms with van der Waals surface area (Å²) in [7, 11) is 1.60. The predicted molar refractivity (Wildman–Crippen MR) is 130 cm³/mol. The molecule has 0 radical (unpaired) electrons. The van der Waals surface area contributed by atoms with Crippen LogP contribution in [0.3, 0.4) is 0 Å². The molecule has 3 fully saturated rings. The van der Waals surface area contributed by atoms with E-state index in [9.17, 15) is 4.79 Å². The van der Waals surface area contributed by atoms with Crippen LogP contribution in [0.4, 0.5) is 10.5 Å². The van der Waals surface area contributed by atoms with Gasteiger partial charge in [-0.15, -0.1) is 0 Å². The van der Waals surface area contributed by atoms with E-state index in [4.69, 9.17) is 37.9 Å². The van der Waals surface area contributed by atoms with Gasteiger partial charge in [0.25, 0.3) is 0 Å². The standard InChI is InChI=1S/C26H39NO9/c1-24(2)32-16-20-21(34-24)22-26(33-20,36-25(3,4)35-22)17-30-14-8-6-7-9-15-31-23(28)27-18-10-12-19(29-5)13-11-18/h10-13,20-22H,6-9,14-17H2,1-5H3,(H,27,28)/t20-,21+,22-,26-/m0/s1. The maximum atomic E-state index is 11.9. The molecule has 0 spiro atoms. The SMILES string of the molecule is COc1ccc(NC(=O)OCCCCCCOC[C@@]23O[C@H]4COC(C)(C)O[C@H]4[C@@H]2OC(C)(C)O3)cc1. The first-order valence-corrected chi connectivity index (χ1v) is 12.6. The molecule has 1 amide bonds. The van der Waals surface area contributed by atoms with Gasteiger partial charge in [-0.05, 0) is 71.2 Å². The first kappa shape index (κ1) is 27.1. The van der Waals surface area contributed by atoms with Gasteiger partial charge in [-0.25, -0.2) is 4.79 Å². The summed E-state index contributed by atoms with van der Waals surface area (Å²) >= 11 is 0. The molecule has 3 aliphatic heterocycles. The van der Waals surface area contributed by atoms with E-state index < -0.39 is 23.5 Å². The van der Waals surface area contributed by atoms with Crippen LogP contribution in [0.15, 0.2) is 24.3 Å². The number of unbranched alkanes of at least 4 members (excludes halogenated alkanes) is 3. The van der Waals surface area contributed by atoms with Gasteiger partial charge in [-0.1, -0.05) is 6.42 Å². The van der Waals surface area contributed by atoms with E-state index in [1.165, 1.54) is 0 Å². The molecule has 10 heteroatoms. The van der Waals surface area contributed by atoms with E-state index in [1.807, 2.05) is 27.7 Å². The second kappa shape index (κ2) is 11.2. The molecule has 0 unspecified atom stereocenters. The van der Waals surface area contributed by atoms with E-state index in [0.29, 0.717) is 25.5 Å². The molecule has 1 aromatic rings. The summed E-state index contributed by atoms with van der Waals surface area (Å²) < 4.78 is 46.8. The summed E-state index contributed by atoms with van der Waals surface area (Å²) in [4.78, 5) is 11.9. The van der Waals surface area contributed by atoms with Crippen LogP contribution in [0, 0.1) is 0 Å². The number of carbonyl (C=O) groups is 1. The minimum atomic E-state index is -1.01. The van der Waals surface area contributed by atoms with Crippen molar-refractivity contribution in [1.82, 2.24) is 0 Å². The minimum Gasteiger partial charge on any atom is -0.497 e. The first-order chi connectivity index (χ1) is 17.1. The number of methoxy groups -OCH3 is 1. The maximum Gasteiger partial charge on any atom is 0.411 e. The molecule has 0 aliphatic carbocycles. The highest BCUT2D eigenvalue weighted by Gasteiger charge is 2.67. The summed E-state index contributed by atoms with van der Waals surface area (Å²) in [6, 6.07) is 7.08. The quantitative estimate of drug-likeness (QED) is 0.439. The molecule has 3 saturated heterocycles. The van der Waals surface area contributed by atoms with Gasteiger partial charge in [0.2, 0.25) is 5.79 Å². The zero-order valence-corrected chi connectivity index (χ0v) is 21.9. The molecule has 3 heterocycles. The van der Waals surface area contributed by atoms with Gasteiger partial charge < -0.3 is 37.9 Å². The summed E-state index contributed by atoms with van der Waals surface area (Å²) in [6.07, 6.45) is 2.16. The van der Waals surface area contributed by atoms with Crippen molar-refractivity contribution in [2.45, 2.75) is 89.1 Å². The fourth-order valence-electron chi connectivity index (χ4n) is 4.74. The Balaban J connectivity index is 1.10. The van der Waals surface area contributed by atoms with Crippen molar-refractivity contribution < 1.29 is 42.7 Å². The number of anilines is 1. The molecule has 0 aromatic heterocycles. The Morgan fingerprint density at radius 1 is 0.972 bits per heavy atom. The summed E-state index contributed by atoms with van der Waals surface area (Å²) in [5.41, 5.74) is 0.660. The van der Waals surface area contributed by atoms with Gasteiger partial charge in [-0.3, -0.25) is 5.32 Å². The highest BCUT2D eigenvalue weighted by molar-refractivity contribution is 5.84. The third-order valence-electron chi connectivity index (χ3n) is 6.35. The monoisotopic (exact) mass is 509 g/mol. The van der Waals surface area contributed by atoms with Crippen LogP contribution in [-0.2, 0) is 33.2 Å². The lowest BCUT2D eigenvalue weighted by molar-refractivity contribution is -0.331. The number of amides is 1. The van der Waals surface area contributed by atoms with Gasteiger partial charge in [0.1, 0.15) is 30.7 Å². The van der Waals surface area contributed by atoms with Crippen LogP contribution < -0.4 is 10.1 Å². The Bertz CT molecular complexity index is 875. The van der Waals surface area contributed by atoms with Crippen molar-refractivity contribution in [1.29, 1.82) is 0 Å². The zero-order chi connectivity index (χ0) is 25.8. The average molecular weight is 510 g/mol. The van der Waals surface area contributed by atoms with E-state index in [-0.39, 0.29) is 24.9 Å². The van der Waals surface area contributed by atoms with Crippen molar-refractivity contribution in [3.8, 4) is 5.75 Å². The number of carbonyl (C=O) groups excluding carboxylic acids is 1. The van der Waals surface area contributed by atoms with Crippen molar-refractivity contribution in [2.75, 3.05) is 38.9 Å². The predicted octanol–water partition coefficient (Wildman–Crippen LogP) is 4.22. The van der Waals surface area contributed by atoms with Crippen molar-refractivity contribution >= 4 is 11.8 Å². The van der Waals surface area contributed by atoms with Crippen LogP contribution >= 0.6 is 0 Å². The lowest BCUT2D eigenvalue weighted by Gasteiger charge is -2.38. The van der Waals surface area contributed by atoms with Gasteiger partial charge in [0.05, 0.1) is 20.3 Å². The highest BCUT2D eigenvalue weighted by atomic mass is 16.9. The molecule has 4 rings (SSSR count). The Morgan fingerprint density at radius 3 is 2.42 bits per heavy atom. The van der Waals surface area contributed by atoms with Crippen molar-refractivity contribution in [2.24, 2.45) is 0 Å². The number of rotatable bonds is 11. The first-order valence-electron chi connectivity index (χ1n) is 12.6. The van der Waals surface area contributed by atoms with Crippen LogP contribution in [-0.4, -0.2) is 75.3 Å². The average Bonchev–Trinajstić information content (AvgIpc) is 3.24. The van der Waals surface area contributed by atoms with Crippen LogP contribution in [0.5, 0.6) is 5.75 Å². The third kappa shape index (κ3) is 6.67. The van der Waals surface area contributed by atoms with Gasteiger partial charge in [0, 0.05) is 12.3 Å². The molecule has 4 atom stereocenters. The number of hydrogen-bond donors (Lipinski definition) is 1. The molecule has 0 bridgehead atoms. The van der Waals surface area contributed by atoms with Crippen molar-refractivity contribution in [3.05, 3.63) is 24.3 Å². The minimum absolute atomic E-state index is 0.256. The lowest BCUT2D eigenvalue weighted by Crippen LogP contribution is -2.51. The number of fused-ring (bicyclic) bond motifs is 3. The molecular weight excluding hydrogens is 470 g/mol. The number of nitrogens with one attached hydrogen (secondary N) is 1. The fourth-order valence-corrected chi connectivity index (χ4v) is 4.74. The Morgan fingerprint density at radius 2 is 1.69 bits per heavy atom. The second-order valence-corrected chi connectivity index (χ2v) is 10.3. The topological polar surface area (TPSA) is 103 Å². The molecule has 1 aromatic carbocycles. The summed E-state index contributed by atoms with van der Waals surface area (Å²) in [5, 5.41) is 2.70. The zero-order valence-electron chi connectivity index (χ0n) is 21.9. The Kier molecular flexibility index (Phi) is 8.43. The summed E-state index contributed by atoms with van der Waals surface area (Å²) in [6.45, 7) is 9.12. The number of ether oxygens (including phenoxy) is 8. The van der Waals surface area contributed by atoms with E-state index >= 15 is 0 Å². The van der Waals surface area contributed by atoms with E-state index in [2.05, 4.69) is 5.32 Å². The second-order valence-electron chi connectivity index (χ2n) is 10.3. The lowest BCUT2D eigenvalue weighted by atomic mass is 10.0. The normalized spacial score (nSPS) is 29.9. The van der Waals surface area contributed by atoms with Crippen molar-refractivity contribution in [3.63, 3.8) is 0 Å². The third-order valence-corrected chi connectivity index (χ3v) is 6.35. The van der Waals surface area contributed by atoms with Crippen LogP contribution in [0.2, 0.25) is 0 Å². The molecule has 202 valence electrons. The molecule has 0 saturated carbocycles. The highest BCUT2D eigenvalue weighted by Crippen LogP contribution is 2.49. The smallest absolute Gasteiger partial charge is 0.411 e. The molecule has 3 aliphatic rings. The van der Waals surface area contributed by atoms with Gasteiger partial charge in [0.15, 0.2) is 11.6 Å². The van der Waals surface area contributed by atoms with Gasteiger partial charge >= 0.3 is 6.09 Å². The molecule has 36 heavy (non-hydrogen) atoms. The molecule has 1 N–H and O–H groups in total. The van der Waals surface area contributed by atoms with Crippen LogP contribution in [0.1, 0.15) is 53.4 Å². The Hall–Kier alpha value is -1.95. The fraction of sp³-hybridized carbons (Fsp3) is 0.731.